The second kappa shape index (κ2) is 1.62. The van der Waals surface area contributed by atoms with Crippen molar-refractivity contribution in [3.8, 4) is 0 Å². The Morgan fingerprint density at radius 2 is 2.08 bits per heavy atom. The first kappa shape index (κ1) is 7.03. The van der Waals surface area contributed by atoms with Crippen molar-refractivity contribution in [3.05, 3.63) is 0 Å². The van der Waals surface area contributed by atoms with Gasteiger partial charge in [-0.2, -0.15) is 0 Å². The van der Waals surface area contributed by atoms with Crippen LogP contribution in [0.3, 0.4) is 0 Å². The van der Waals surface area contributed by atoms with E-state index in [4.69, 9.17) is 0 Å². The summed E-state index contributed by atoms with van der Waals surface area (Å²) in [6.07, 6.45) is 6.25. The Morgan fingerprint density at radius 3 is 2.92 bits per heavy atom. The molecule has 0 radical (unpaired) electrons. The number of rotatable bonds is 0. The van der Waals surface area contributed by atoms with E-state index in [1.165, 1.54) is 19.3 Å². The topological polar surface area (TPSA) is 17.1 Å². The molecule has 13 heavy (non-hydrogen) atoms. The van der Waals surface area contributed by atoms with Gasteiger partial charge >= 0.3 is 0 Å². The van der Waals surface area contributed by atoms with Gasteiger partial charge in [0.1, 0.15) is 5.78 Å². The molecule has 1 heteroatoms. The maximum absolute atomic E-state index is 11.4. The molecule has 2 bridgehead atoms. The van der Waals surface area contributed by atoms with E-state index in [0.717, 1.165) is 30.6 Å². The molecule has 0 aromatic rings. The highest BCUT2D eigenvalue weighted by Gasteiger charge is 2.85. The van der Waals surface area contributed by atoms with Crippen LogP contribution in [0, 0.1) is 28.6 Å². The van der Waals surface area contributed by atoms with Crippen molar-refractivity contribution in [2.75, 3.05) is 0 Å². The summed E-state index contributed by atoms with van der Waals surface area (Å²) in [5.41, 5.74) is 1.18. The van der Waals surface area contributed by atoms with Gasteiger partial charge in [-0.05, 0) is 47.8 Å². The van der Waals surface area contributed by atoms with Gasteiger partial charge in [0.15, 0.2) is 0 Å². The fraction of sp³-hybridized carbons (Fsp3) is 0.917. The van der Waals surface area contributed by atoms with E-state index in [2.05, 4.69) is 6.92 Å². The number of ketones is 1. The summed E-state index contributed by atoms with van der Waals surface area (Å²) < 4.78 is 0. The smallest absolute Gasteiger partial charge is 0.133 e. The van der Waals surface area contributed by atoms with Crippen LogP contribution in [0.1, 0.15) is 39.0 Å². The average molecular weight is 176 g/mol. The van der Waals surface area contributed by atoms with Crippen molar-refractivity contribution >= 4 is 5.78 Å². The first-order valence-corrected chi connectivity index (χ1v) is 5.71. The minimum atomic E-state index is 0.549. The predicted molar refractivity (Wildman–Crippen MR) is 49.1 cm³/mol. The summed E-state index contributed by atoms with van der Waals surface area (Å²) >= 11 is 0. The van der Waals surface area contributed by atoms with E-state index in [1.54, 1.807) is 0 Å². The maximum atomic E-state index is 11.4. The van der Waals surface area contributed by atoms with Crippen LogP contribution in [0.4, 0.5) is 0 Å². The molecule has 0 aromatic carbocycles. The summed E-state index contributed by atoms with van der Waals surface area (Å²) in [6.45, 7) is 2.48. The third-order valence-electron chi connectivity index (χ3n) is 6.20. The van der Waals surface area contributed by atoms with Crippen molar-refractivity contribution in [1.29, 1.82) is 0 Å². The maximum Gasteiger partial charge on any atom is 0.133 e. The second-order valence-electron chi connectivity index (χ2n) is 6.00. The van der Waals surface area contributed by atoms with Gasteiger partial charge in [-0.25, -0.2) is 0 Å². The van der Waals surface area contributed by atoms with Crippen molar-refractivity contribution in [1.82, 2.24) is 0 Å². The number of fused-ring (bicyclic) bond motifs is 4. The highest BCUT2D eigenvalue weighted by atomic mass is 16.1. The van der Waals surface area contributed by atoms with Gasteiger partial charge in [0, 0.05) is 12.8 Å². The number of carbonyl (C=O) groups excluding carboxylic acids is 1. The van der Waals surface area contributed by atoms with Gasteiger partial charge < -0.3 is 0 Å². The zero-order valence-corrected chi connectivity index (χ0v) is 8.18. The largest absolute Gasteiger partial charge is 0.300 e. The van der Waals surface area contributed by atoms with Gasteiger partial charge in [-0.15, -0.1) is 0 Å². The lowest BCUT2D eigenvalue weighted by molar-refractivity contribution is -0.119. The molecule has 5 atom stereocenters. The summed E-state index contributed by atoms with van der Waals surface area (Å²) in [6, 6.07) is 0. The van der Waals surface area contributed by atoms with Crippen LogP contribution >= 0.6 is 0 Å². The van der Waals surface area contributed by atoms with Crippen LogP contribution in [0.2, 0.25) is 0 Å². The van der Waals surface area contributed by atoms with Crippen molar-refractivity contribution in [2.45, 2.75) is 39.0 Å². The van der Waals surface area contributed by atoms with Crippen LogP contribution in [0.15, 0.2) is 0 Å². The third kappa shape index (κ3) is 0.461. The first-order chi connectivity index (χ1) is 6.19. The summed E-state index contributed by atoms with van der Waals surface area (Å²) in [4.78, 5) is 11.4. The van der Waals surface area contributed by atoms with E-state index < -0.39 is 0 Å². The Hall–Kier alpha value is -0.330. The Labute approximate surface area is 78.9 Å². The van der Waals surface area contributed by atoms with E-state index in [1.807, 2.05) is 0 Å². The summed E-state index contributed by atoms with van der Waals surface area (Å²) in [7, 11) is 0. The molecular formula is C12H16O. The van der Waals surface area contributed by atoms with Gasteiger partial charge in [0.2, 0.25) is 0 Å². The molecule has 0 N–H and O–H groups in total. The average Bonchev–Trinajstić information content (AvgIpc) is 2.52. The molecule has 4 rings (SSSR count). The standard InChI is InChI=1S/C12H16O/c1-11-7-2-3-8(4-7)12(11)6-9(13)5-10(11)12/h7-8,10H,2-6H2,1H3. The molecule has 0 saturated heterocycles. The van der Waals surface area contributed by atoms with Gasteiger partial charge in [-0.3, -0.25) is 4.79 Å². The SMILES string of the molecule is CC12C3CCC(C3)C13CC(=O)CC23. The minimum Gasteiger partial charge on any atom is -0.300 e. The monoisotopic (exact) mass is 176 g/mol. The lowest BCUT2D eigenvalue weighted by atomic mass is 9.78. The highest BCUT2D eigenvalue weighted by molar-refractivity contribution is 5.85. The van der Waals surface area contributed by atoms with Crippen LogP contribution < -0.4 is 0 Å². The lowest BCUT2D eigenvalue weighted by Crippen LogP contribution is -2.22. The zero-order chi connectivity index (χ0) is 8.84. The predicted octanol–water partition coefficient (Wildman–Crippen LogP) is 2.40. The molecule has 70 valence electrons. The summed E-state index contributed by atoms with van der Waals surface area (Å²) in [5.74, 6) is 3.32. The first-order valence-electron chi connectivity index (χ1n) is 5.71. The molecule has 4 saturated carbocycles. The molecule has 0 aliphatic heterocycles. The van der Waals surface area contributed by atoms with Crippen LogP contribution in [0.5, 0.6) is 0 Å². The molecule has 0 aromatic heterocycles. The molecular weight excluding hydrogens is 160 g/mol. The number of carbonyl (C=O) groups is 1. The number of Topliss-reactive ketones (excluding diaryl/α,β-unsaturated/α-hetero) is 1. The molecule has 1 spiro atoms. The summed E-state index contributed by atoms with van der Waals surface area (Å²) in [5, 5.41) is 0. The van der Waals surface area contributed by atoms with Crippen molar-refractivity contribution < 1.29 is 4.79 Å². The van der Waals surface area contributed by atoms with Gasteiger partial charge in [-0.1, -0.05) is 6.92 Å². The van der Waals surface area contributed by atoms with E-state index in [-0.39, 0.29) is 0 Å². The fourth-order valence-corrected chi connectivity index (χ4v) is 5.71. The lowest BCUT2D eigenvalue weighted by Gasteiger charge is -2.26. The second-order valence-corrected chi connectivity index (χ2v) is 6.00. The molecule has 0 heterocycles. The van der Waals surface area contributed by atoms with Crippen LogP contribution in [-0.4, -0.2) is 5.78 Å². The van der Waals surface area contributed by atoms with Crippen molar-refractivity contribution in [2.24, 2.45) is 28.6 Å². The normalized spacial score (nSPS) is 66.8. The Bertz CT molecular complexity index is 321. The van der Waals surface area contributed by atoms with Crippen LogP contribution in [0.25, 0.3) is 0 Å². The quantitative estimate of drug-likeness (QED) is 0.554. The molecule has 5 unspecified atom stereocenters. The van der Waals surface area contributed by atoms with E-state index in [0.29, 0.717) is 16.6 Å². The minimum absolute atomic E-state index is 0.549. The van der Waals surface area contributed by atoms with Crippen LogP contribution in [-0.2, 0) is 4.79 Å². The van der Waals surface area contributed by atoms with Gasteiger partial charge in [0.05, 0.1) is 0 Å². The van der Waals surface area contributed by atoms with Crippen molar-refractivity contribution in [3.63, 3.8) is 0 Å². The Kier molecular flexibility index (Phi) is 0.874. The van der Waals surface area contributed by atoms with Gasteiger partial charge in [0.25, 0.3) is 0 Å². The molecule has 4 aliphatic rings. The highest BCUT2D eigenvalue weighted by Crippen LogP contribution is 2.89. The molecule has 1 nitrogen and oxygen atoms in total. The molecule has 4 aliphatic carbocycles. The third-order valence-corrected chi connectivity index (χ3v) is 6.20. The Morgan fingerprint density at radius 1 is 1.31 bits per heavy atom. The van der Waals surface area contributed by atoms with E-state index >= 15 is 0 Å². The molecule has 0 amide bonds. The number of hydrogen-bond donors (Lipinski definition) is 0. The van der Waals surface area contributed by atoms with E-state index in [9.17, 15) is 4.79 Å². The Balaban J connectivity index is 1.86. The number of hydrogen-bond acceptors (Lipinski definition) is 1. The zero-order valence-electron chi connectivity index (χ0n) is 8.18. The molecule has 4 fully saturated rings. The fourth-order valence-electron chi connectivity index (χ4n) is 5.71.